The topological polar surface area (TPSA) is 76.5 Å². The highest BCUT2D eigenvalue weighted by Gasteiger charge is 2.61. The standard InChI is InChI=1S/C30H43FN4O3/c1-3-7-19(8-4-2)33-30(37)22-16-35-25-20-10-6-5-9-18(20)11-12-24(25)38-29-26(35)21(28(22)36)15-23(31)27(29)34-14-13-32-17-34/h13-14,16-21,23-27,29H,3-12,15H2,1-2H3,(H,33,37). The molecule has 1 aromatic heterocycles. The van der Waals surface area contributed by atoms with E-state index in [4.69, 9.17) is 4.74 Å². The predicted octanol–water partition coefficient (Wildman–Crippen LogP) is 4.74. The number of carbonyl (C=O) groups is 2. The van der Waals surface area contributed by atoms with Crippen molar-refractivity contribution >= 4 is 11.7 Å². The Labute approximate surface area is 225 Å². The zero-order valence-electron chi connectivity index (χ0n) is 22.8. The SMILES string of the molecule is CCCC(CCC)NC(=O)C1=CN2C3C(CCC4CCCCC43)OC3C2C(CC(F)C3n2ccnc2)C1=O. The molecule has 7 nitrogen and oxygen atoms in total. The van der Waals surface area contributed by atoms with E-state index in [1.54, 1.807) is 18.7 Å². The van der Waals surface area contributed by atoms with Gasteiger partial charge in [-0.1, -0.05) is 46.0 Å². The van der Waals surface area contributed by atoms with Crippen LogP contribution in [0.25, 0.3) is 0 Å². The maximum absolute atomic E-state index is 16.0. The third-order valence-electron chi connectivity index (χ3n) is 10.2. The maximum Gasteiger partial charge on any atom is 0.256 e. The lowest BCUT2D eigenvalue weighted by Gasteiger charge is -2.62. The Balaban J connectivity index is 1.39. The van der Waals surface area contributed by atoms with Gasteiger partial charge in [0.1, 0.15) is 12.3 Å². The third-order valence-corrected chi connectivity index (χ3v) is 10.2. The van der Waals surface area contributed by atoms with Crippen molar-refractivity contribution in [3.63, 3.8) is 0 Å². The molecule has 1 aromatic rings. The summed E-state index contributed by atoms with van der Waals surface area (Å²) >= 11 is 0. The number of morpholine rings is 1. The van der Waals surface area contributed by atoms with Gasteiger partial charge in [-0.25, -0.2) is 9.37 Å². The van der Waals surface area contributed by atoms with Gasteiger partial charge in [-0.05, 0) is 50.4 Å². The van der Waals surface area contributed by atoms with Crippen molar-refractivity contribution in [1.82, 2.24) is 19.8 Å². The molecule has 2 aliphatic heterocycles. The normalized spacial score (nSPS) is 38.2. The minimum atomic E-state index is -1.25. The molecular weight excluding hydrogens is 483 g/mol. The van der Waals surface area contributed by atoms with Crippen LogP contribution in [0.1, 0.15) is 90.5 Å². The van der Waals surface area contributed by atoms with Gasteiger partial charge in [-0.2, -0.15) is 0 Å². The summed E-state index contributed by atoms with van der Waals surface area (Å²) in [5, 5.41) is 3.17. The summed E-state index contributed by atoms with van der Waals surface area (Å²) in [7, 11) is 0. The number of imidazole rings is 1. The van der Waals surface area contributed by atoms with Gasteiger partial charge in [0.15, 0.2) is 5.78 Å². The fourth-order valence-electron chi connectivity index (χ4n) is 8.60. The summed E-state index contributed by atoms with van der Waals surface area (Å²) < 4.78 is 24.6. The quantitative estimate of drug-likeness (QED) is 0.520. The number of amides is 1. The molecule has 5 aliphatic rings. The van der Waals surface area contributed by atoms with E-state index in [0.29, 0.717) is 11.8 Å². The zero-order valence-corrected chi connectivity index (χ0v) is 22.8. The number of halogens is 1. The monoisotopic (exact) mass is 526 g/mol. The fourth-order valence-corrected chi connectivity index (χ4v) is 8.60. The molecule has 9 unspecified atom stereocenters. The molecule has 6 rings (SSSR count). The molecule has 9 atom stereocenters. The van der Waals surface area contributed by atoms with Crippen LogP contribution in [0, 0.1) is 17.8 Å². The number of hydrogen-bond acceptors (Lipinski definition) is 5. The number of aromatic nitrogens is 2. The fraction of sp³-hybridized carbons (Fsp3) is 0.767. The van der Waals surface area contributed by atoms with Crippen molar-refractivity contribution < 1.29 is 18.7 Å². The number of ether oxygens (including phenoxy) is 1. The zero-order chi connectivity index (χ0) is 26.4. The van der Waals surface area contributed by atoms with E-state index >= 15 is 4.39 Å². The molecule has 4 fully saturated rings. The van der Waals surface area contributed by atoms with Crippen molar-refractivity contribution in [3.05, 3.63) is 30.5 Å². The summed E-state index contributed by atoms with van der Waals surface area (Å²) in [5.41, 5.74) is 0.217. The molecule has 3 saturated carbocycles. The van der Waals surface area contributed by atoms with E-state index in [-0.39, 0.29) is 47.9 Å². The number of rotatable bonds is 7. The molecule has 38 heavy (non-hydrogen) atoms. The molecular formula is C30H43FN4O3. The Kier molecular flexibility index (Phi) is 7.36. The number of hydrogen-bond donors (Lipinski definition) is 1. The van der Waals surface area contributed by atoms with E-state index < -0.39 is 24.2 Å². The second-order valence-corrected chi connectivity index (χ2v) is 12.4. The van der Waals surface area contributed by atoms with Crippen LogP contribution in [0.4, 0.5) is 4.39 Å². The average molecular weight is 527 g/mol. The highest BCUT2D eigenvalue weighted by atomic mass is 19.1. The first-order chi connectivity index (χ1) is 18.5. The molecule has 8 heteroatoms. The molecule has 0 radical (unpaired) electrons. The molecule has 1 saturated heterocycles. The Bertz CT molecular complexity index is 1040. The first kappa shape index (κ1) is 26.0. The molecule has 1 amide bonds. The molecule has 1 N–H and O–H groups in total. The second-order valence-electron chi connectivity index (χ2n) is 12.4. The van der Waals surface area contributed by atoms with Crippen LogP contribution in [0.5, 0.6) is 0 Å². The first-order valence-corrected chi connectivity index (χ1v) is 15.1. The van der Waals surface area contributed by atoms with Gasteiger partial charge in [-0.3, -0.25) is 9.59 Å². The van der Waals surface area contributed by atoms with Crippen molar-refractivity contribution in [2.24, 2.45) is 17.8 Å². The van der Waals surface area contributed by atoms with Crippen molar-refractivity contribution in [2.45, 2.75) is 127 Å². The number of Topliss-reactive ketones (excluding diaryl/α,β-unsaturated/α-hetero) is 1. The highest BCUT2D eigenvalue weighted by molar-refractivity contribution is 6.20. The number of ketones is 1. The number of alkyl halides is 1. The Morgan fingerprint density at radius 3 is 2.66 bits per heavy atom. The van der Waals surface area contributed by atoms with E-state index in [0.717, 1.165) is 44.9 Å². The van der Waals surface area contributed by atoms with E-state index in [1.807, 2.05) is 10.8 Å². The minimum absolute atomic E-state index is 0.0192. The van der Waals surface area contributed by atoms with Gasteiger partial charge in [0.05, 0.1) is 36.1 Å². The Morgan fingerprint density at radius 2 is 1.92 bits per heavy atom. The van der Waals surface area contributed by atoms with Crippen LogP contribution in [0.3, 0.4) is 0 Å². The van der Waals surface area contributed by atoms with E-state index in [9.17, 15) is 9.59 Å². The van der Waals surface area contributed by atoms with E-state index in [1.165, 1.54) is 19.3 Å². The lowest BCUT2D eigenvalue weighted by atomic mass is 9.63. The van der Waals surface area contributed by atoms with Gasteiger partial charge in [-0.15, -0.1) is 0 Å². The third kappa shape index (κ3) is 4.40. The molecule has 3 heterocycles. The van der Waals surface area contributed by atoms with Gasteiger partial charge in [0.2, 0.25) is 0 Å². The van der Waals surface area contributed by atoms with Crippen molar-refractivity contribution in [1.29, 1.82) is 0 Å². The molecule has 208 valence electrons. The summed E-state index contributed by atoms with van der Waals surface area (Å²) in [6.45, 7) is 4.23. The smallest absolute Gasteiger partial charge is 0.256 e. The number of nitrogens with zero attached hydrogens (tertiary/aromatic N) is 3. The van der Waals surface area contributed by atoms with Crippen LogP contribution >= 0.6 is 0 Å². The number of nitrogens with one attached hydrogen (secondary N) is 1. The number of carbonyl (C=O) groups excluding carboxylic acids is 2. The molecule has 0 aromatic carbocycles. The lowest BCUT2D eigenvalue weighted by Crippen LogP contribution is -2.71. The van der Waals surface area contributed by atoms with Gasteiger partial charge >= 0.3 is 0 Å². The first-order valence-electron chi connectivity index (χ1n) is 15.1. The van der Waals surface area contributed by atoms with Crippen LogP contribution in [0.15, 0.2) is 30.5 Å². The van der Waals surface area contributed by atoms with Crippen LogP contribution < -0.4 is 5.32 Å². The molecule has 0 spiro atoms. The summed E-state index contributed by atoms with van der Waals surface area (Å²) in [4.78, 5) is 34.0. The maximum atomic E-state index is 16.0. The summed E-state index contributed by atoms with van der Waals surface area (Å²) in [6.07, 6.45) is 16.1. The van der Waals surface area contributed by atoms with Crippen molar-refractivity contribution in [2.75, 3.05) is 0 Å². The summed E-state index contributed by atoms with van der Waals surface area (Å²) in [6, 6.07) is -0.600. The summed E-state index contributed by atoms with van der Waals surface area (Å²) in [5.74, 6) is 0.0579. The lowest BCUT2D eigenvalue weighted by molar-refractivity contribution is -0.220. The average Bonchev–Trinajstić information content (AvgIpc) is 3.44. The Morgan fingerprint density at radius 1 is 1.13 bits per heavy atom. The Hall–Kier alpha value is -2.22. The van der Waals surface area contributed by atoms with Crippen LogP contribution in [-0.4, -0.2) is 62.6 Å². The van der Waals surface area contributed by atoms with Gasteiger partial charge in [0.25, 0.3) is 5.91 Å². The van der Waals surface area contributed by atoms with Gasteiger partial charge < -0.3 is 19.5 Å². The van der Waals surface area contributed by atoms with Crippen molar-refractivity contribution in [3.8, 4) is 0 Å². The molecule has 0 bridgehead atoms. The largest absolute Gasteiger partial charge is 0.368 e. The highest BCUT2D eigenvalue weighted by Crippen LogP contribution is 2.52. The molecule has 3 aliphatic carbocycles. The van der Waals surface area contributed by atoms with Crippen LogP contribution in [0.2, 0.25) is 0 Å². The van der Waals surface area contributed by atoms with E-state index in [2.05, 4.69) is 29.0 Å². The number of fused-ring (bicyclic) bond motifs is 4. The second kappa shape index (κ2) is 10.7. The van der Waals surface area contributed by atoms with Gasteiger partial charge in [0, 0.05) is 30.6 Å². The minimum Gasteiger partial charge on any atom is -0.368 e. The van der Waals surface area contributed by atoms with Crippen LogP contribution in [-0.2, 0) is 14.3 Å². The predicted molar refractivity (Wildman–Crippen MR) is 142 cm³/mol.